The first-order valence-corrected chi connectivity index (χ1v) is 9.12. The Morgan fingerprint density at radius 1 is 1.23 bits per heavy atom. The maximum absolute atomic E-state index is 13.0. The van der Waals surface area contributed by atoms with Crippen molar-refractivity contribution in [1.29, 1.82) is 0 Å². The molecular weight excluding hydrogens is 328 g/mol. The molecule has 0 spiro atoms. The molecule has 1 aromatic rings. The smallest absolute Gasteiger partial charge is 0.278 e. The molecule has 1 saturated heterocycles. The van der Waals surface area contributed by atoms with Crippen molar-refractivity contribution in [3.05, 3.63) is 53.2 Å². The minimum Gasteiger partial charge on any atom is -0.396 e. The molecule has 2 amide bonds. The van der Waals surface area contributed by atoms with Crippen molar-refractivity contribution in [3.63, 3.8) is 0 Å². The summed E-state index contributed by atoms with van der Waals surface area (Å²) in [6.07, 6.45) is 3.42. The quantitative estimate of drug-likeness (QED) is 0.651. The number of amides is 2. The molecule has 3 rings (SSSR count). The lowest BCUT2D eigenvalue weighted by Crippen LogP contribution is -2.40. The summed E-state index contributed by atoms with van der Waals surface area (Å²) in [4.78, 5) is 29.3. The third-order valence-electron chi connectivity index (χ3n) is 5.34. The van der Waals surface area contributed by atoms with Gasteiger partial charge < -0.3 is 10.0 Å². The van der Waals surface area contributed by atoms with Gasteiger partial charge in [0.25, 0.3) is 11.8 Å². The van der Waals surface area contributed by atoms with E-state index in [2.05, 4.69) is 6.58 Å². The number of likely N-dealkylation sites (tertiary alicyclic amines) is 1. The summed E-state index contributed by atoms with van der Waals surface area (Å²) in [6.45, 7) is 9.32. The number of aliphatic hydroxyl groups excluding tert-OH is 1. The summed E-state index contributed by atoms with van der Waals surface area (Å²) in [7, 11) is 0. The Balaban J connectivity index is 2.09. The van der Waals surface area contributed by atoms with Crippen LogP contribution in [-0.2, 0) is 9.59 Å². The van der Waals surface area contributed by atoms with E-state index in [0.29, 0.717) is 17.8 Å². The van der Waals surface area contributed by atoms with Crippen molar-refractivity contribution in [2.45, 2.75) is 26.7 Å². The van der Waals surface area contributed by atoms with Crippen LogP contribution in [0.2, 0.25) is 0 Å². The monoisotopic (exact) mass is 354 g/mol. The fourth-order valence-electron chi connectivity index (χ4n) is 3.73. The highest BCUT2D eigenvalue weighted by Gasteiger charge is 2.41. The van der Waals surface area contributed by atoms with Gasteiger partial charge in [0.15, 0.2) is 0 Å². The van der Waals surface area contributed by atoms with Gasteiger partial charge in [0, 0.05) is 26.2 Å². The fourth-order valence-corrected chi connectivity index (χ4v) is 3.73. The Hall–Kier alpha value is -2.40. The maximum Gasteiger partial charge on any atom is 0.278 e. The molecule has 5 nitrogen and oxygen atoms in total. The highest BCUT2D eigenvalue weighted by atomic mass is 16.3. The Kier molecular flexibility index (Phi) is 5.28. The molecule has 2 heterocycles. The number of aliphatic hydroxyl groups is 1. The van der Waals surface area contributed by atoms with Crippen LogP contribution in [0.1, 0.15) is 29.5 Å². The van der Waals surface area contributed by atoms with Crippen LogP contribution in [0.15, 0.2) is 36.6 Å². The summed E-state index contributed by atoms with van der Waals surface area (Å²) in [5.74, 6) is -0.394. The first-order valence-electron chi connectivity index (χ1n) is 9.12. The summed E-state index contributed by atoms with van der Waals surface area (Å²) < 4.78 is 0. The van der Waals surface area contributed by atoms with E-state index in [0.717, 1.165) is 36.1 Å². The van der Waals surface area contributed by atoms with Crippen LogP contribution in [0.4, 0.5) is 0 Å². The zero-order valence-electron chi connectivity index (χ0n) is 15.5. The minimum absolute atomic E-state index is 0.0985. The molecule has 2 aliphatic rings. The van der Waals surface area contributed by atoms with Gasteiger partial charge >= 0.3 is 0 Å². The molecule has 1 fully saturated rings. The number of hydrogen-bond donors (Lipinski definition) is 1. The van der Waals surface area contributed by atoms with Gasteiger partial charge in [-0.1, -0.05) is 24.3 Å². The Bertz CT molecular complexity index is 781. The number of carbonyl (C=O) groups excluding carboxylic acids is 2. The van der Waals surface area contributed by atoms with Crippen molar-refractivity contribution in [3.8, 4) is 0 Å². The Labute approximate surface area is 154 Å². The minimum atomic E-state index is -0.265. The van der Waals surface area contributed by atoms with Gasteiger partial charge in [-0.3, -0.25) is 14.5 Å². The molecule has 1 atom stereocenters. The van der Waals surface area contributed by atoms with E-state index in [4.69, 9.17) is 0 Å². The molecule has 138 valence electrons. The maximum atomic E-state index is 13.0. The molecule has 1 aromatic carbocycles. The second-order valence-electron chi connectivity index (χ2n) is 7.17. The highest BCUT2D eigenvalue weighted by Crippen LogP contribution is 2.34. The van der Waals surface area contributed by atoms with Gasteiger partial charge in [0.1, 0.15) is 5.70 Å². The lowest BCUT2D eigenvalue weighted by Gasteiger charge is -2.34. The number of piperidine rings is 1. The predicted molar refractivity (Wildman–Crippen MR) is 101 cm³/mol. The summed E-state index contributed by atoms with van der Waals surface area (Å²) in [5.41, 5.74) is 3.95. The van der Waals surface area contributed by atoms with Gasteiger partial charge in [-0.2, -0.15) is 0 Å². The Morgan fingerprint density at radius 3 is 2.65 bits per heavy atom. The molecule has 2 aliphatic heterocycles. The molecule has 0 radical (unpaired) electrons. The van der Waals surface area contributed by atoms with E-state index in [1.807, 2.05) is 36.9 Å². The molecule has 0 bridgehead atoms. The van der Waals surface area contributed by atoms with E-state index < -0.39 is 0 Å². The lowest BCUT2D eigenvalue weighted by molar-refractivity contribution is -0.137. The molecule has 5 heteroatoms. The Morgan fingerprint density at radius 2 is 2.00 bits per heavy atom. The third-order valence-corrected chi connectivity index (χ3v) is 5.34. The van der Waals surface area contributed by atoms with Crippen LogP contribution >= 0.6 is 0 Å². The zero-order valence-corrected chi connectivity index (χ0v) is 15.5. The zero-order chi connectivity index (χ0) is 18.8. The molecule has 1 unspecified atom stereocenters. The topological polar surface area (TPSA) is 60.9 Å². The lowest BCUT2D eigenvalue weighted by atomic mass is 9.96. The van der Waals surface area contributed by atoms with Gasteiger partial charge in [-0.25, -0.2) is 0 Å². The van der Waals surface area contributed by atoms with Crippen LogP contribution in [-0.4, -0.2) is 53.0 Å². The van der Waals surface area contributed by atoms with E-state index in [1.54, 1.807) is 6.08 Å². The number of rotatable bonds is 5. The SMILES string of the molecule is C=CCN1C(=O)C(c2ccc(C)c(C)c2)=C(N2CCCC(CO)C2)C1=O. The first-order chi connectivity index (χ1) is 12.5. The number of nitrogens with zero attached hydrogens (tertiary/aromatic N) is 2. The van der Waals surface area contributed by atoms with E-state index >= 15 is 0 Å². The molecule has 0 aliphatic carbocycles. The predicted octanol–water partition coefficient (Wildman–Crippen LogP) is 2.27. The van der Waals surface area contributed by atoms with Gasteiger partial charge in [0.2, 0.25) is 0 Å². The summed E-state index contributed by atoms with van der Waals surface area (Å²) >= 11 is 0. The second-order valence-corrected chi connectivity index (χ2v) is 7.17. The van der Waals surface area contributed by atoms with Crippen molar-refractivity contribution >= 4 is 17.4 Å². The fraction of sp³-hybridized carbons (Fsp3) is 0.429. The average Bonchev–Trinajstić information content (AvgIpc) is 2.89. The summed E-state index contributed by atoms with van der Waals surface area (Å²) in [5, 5.41) is 9.54. The van der Waals surface area contributed by atoms with Crippen LogP contribution in [0.5, 0.6) is 0 Å². The first kappa shape index (κ1) is 18.4. The molecule has 0 saturated carbocycles. The van der Waals surface area contributed by atoms with Crippen molar-refractivity contribution in [2.24, 2.45) is 5.92 Å². The second kappa shape index (κ2) is 7.46. The molecule has 26 heavy (non-hydrogen) atoms. The highest BCUT2D eigenvalue weighted by molar-refractivity contribution is 6.35. The van der Waals surface area contributed by atoms with Crippen molar-refractivity contribution in [2.75, 3.05) is 26.2 Å². The van der Waals surface area contributed by atoms with Gasteiger partial charge in [-0.05, 0) is 49.3 Å². The van der Waals surface area contributed by atoms with Crippen molar-refractivity contribution < 1.29 is 14.7 Å². The van der Waals surface area contributed by atoms with Gasteiger partial charge in [0.05, 0.1) is 5.57 Å². The van der Waals surface area contributed by atoms with E-state index in [9.17, 15) is 14.7 Å². The average molecular weight is 354 g/mol. The standard InChI is InChI=1S/C21H26N2O3/c1-4-9-23-20(25)18(17-8-7-14(2)15(3)11-17)19(21(23)26)22-10-5-6-16(12-22)13-24/h4,7-8,11,16,24H,1,5-6,9-10,12-13H2,2-3H3. The molecular formula is C21H26N2O3. The number of imide groups is 1. The normalized spacial score (nSPS) is 21.0. The van der Waals surface area contributed by atoms with Crippen LogP contribution < -0.4 is 0 Å². The van der Waals surface area contributed by atoms with Crippen LogP contribution in [0.3, 0.4) is 0 Å². The number of carbonyl (C=O) groups is 2. The number of benzene rings is 1. The third kappa shape index (κ3) is 3.19. The van der Waals surface area contributed by atoms with Crippen LogP contribution in [0.25, 0.3) is 5.57 Å². The van der Waals surface area contributed by atoms with Crippen molar-refractivity contribution in [1.82, 2.24) is 9.80 Å². The van der Waals surface area contributed by atoms with Crippen LogP contribution in [0, 0.1) is 19.8 Å². The largest absolute Gasteiger partial charge is 0.396 e. The number of aryl methyl sites for hydroxylation is 2. The number of hydrogen-bond acceptors (Lipinski definition) is 4. The molecule has 1 N–H and O–H groups in total. The van der Waals surface area contributed by atoms with E-state index in [1.165, 1.54) is 4.90 Å². The summed E-state index contributed by atoms with van der Waals surface area (Å²) in [6, 6.07) is 5.87. The van der Waals surface area contributed by atoms with E-state index in [-0.39, 0.29) is 30.9 Å². The van der Waals surface area contributed by atoms with Gasteiger partial charge in [-0.15, -0.1) is 6.58 Å². The molecule has 0 aromatic heterocycles.